The fourth-order valence-electron chi connectivity index (χ4n) is 2.82. The monoisotopic (exact) mass is 375 g/mol. The highest BCUT2D eigenvalue weighted by atomic mass is 16.5. The van der Waals surface area contributed by atoms with Gasteiger partial charge in [0.2, 0.25) is 5.91 Å². The smallest absolute Gasteiger partial charge is 0.229 e. The highest BCUT2D eigenvalue weighted by Crippen LogP contribution is 2.28. The summed E-state index contributed by atoms with van der Waals surface area (Å²) < 4.78 is 5.82. The number of carbonyl (C=O) groups is 1. The van der Waals surface area contributed by atoms with E-state index in [0.29, 0.717) is 12.2 Å². The predicted octanol–water partition coefficient (Wildman–Crippen LogP) is 5.10. The van der Waals surface area contributed by atoms with Gasteiger partial charge in [0.1, 0.15) is 11.6 Å². The third-order valence-electron chi connectivity index (χ3n) is 4.01. The van der Waals surface area contributed by atoms with Crippen LogP contribution in [0, 0.1) is 6.92 Å². The van der Waals surface area contributed by atoms with Gasteiger partial charge in [0.05, 0.1) is 30.1 Å². The van der Waals surface area contributed by atoms with Crippen molar-refractivity contribution in [2.75, 3.05) is 10.6 Å². The van der Waals surface area contributed by atoms with Crippen LogP contribution in [0.15, 0.2) is 66.9 Å². The first kappa shape index (κ1) is 19.4. The third kappa shape index (κ3) is 5.58. The average Bonchev–Trinajstić information content (AvgIpc) is 2.64. The molecule has 0 radical (unpaired) electrons. The molecule has 1 amide bonds. The topological polar surface area (TPSA) is 63.2 Å². The maximum atomic E-state index is 12.2. The van der Waals surface area contributed by atoms with Crippen LogP contribution in [0.25, 0.3) is 0 Å². The average molecular weight is 375 g/mol. The molecule has 144 valence electrons. The minimum Gasteiger partial charge on any atom is -0.489 e. The molecule has 0 aliphatic rings. The van der Waals surface area contributed by atoms with Gasteiger partial charge in [-0.3, -0.25) is 4.79 Å². The number of carbonyl (C=O) groups excluding carboxylic acids is 1. The summed E-state index contributed by atoms with van der Waals surface area (Å²) in [5, 5.41) is 6.14. The molecule has 0 aliphatic carbocycles. The lowest BCUT2D eigenvalue weighted by atomic mass is 10.1. The summed E-state index contributed by atoms with van der Waals surface area (Å²) >= 11 is 0. The molecule has 2 aromatic carbocycles. The Hall–Kier alpha value is -3.34. The quantitative estimate of drug-likeness (QED) is 0.603. The predicted molar refractivity (Wildman–Crippen MR) is 113 cm³/mol. The van der Waals surface area contributed by atoms with Crippen LogP contribution in [0.1, 0.15) is 25.0 Å². The number of hydrogen-bond donors (Lipinski definition) is 2. The van der Waals surface area contributed by atoms with E-state index in [1.807, 2.05) is 75.4 Å². The maximum Gasteiger partial charge on any atom is 0.229 e. The van der Waals surface area contributed by atoms with Crippen molar-refractivity contribution in [2.24, 2.45) is 0 Å². The van der Waals surface area contributed by atoms with Crippen LogP contribution in [-0.2, 0) is 11.2 Å². The highest BCUT2D eigenvalue weighted by Gasteiger charge is 2.07. The van der Waals surface area contributed by atoms with Crippen LogP contribution in [-0.4, -0.2) is 17.0 Å². The SMILES string of the molecule is Cc1cccc(CC(=O)Nc2ccc(Nc3ccccc3OC(C)C)cn2)c1. The van der Waals surface area contributed by atoms with E-state index in [9.17, 15) is 4.79 Å². The Kier molecular flexibility index (Phi) is 6.27. The molecule has 0 saturated carbocycles. The standard InChI is InChI=1S/C23H25N3O2/c1-16(2)28-21-10-5-4-9-20(21)25-19-11-12-22(24-15-19)26-23(27)14-18-8-6-7-17(3)13-18/h4-13,15-16,25H,14H2,1-3H3,(H,24,26,27). The Morgan fingerprint density at radius 1 is 1.07 bits per heavy atom. The number of rotatable bonds is 7. The summed E-state index contributed by atoms with van der Waals surface area (Å²) in [7, 11) is 0. The number of nitrogens with one attached hydrogen (secondary N) is 2. The fourth-order valence-corrected chi connectivity index (χ4v) is 2.82. The molecular weight excluding hydrogens is 350 g/mol. The molecule has 0 spiro atoms. The van der Waals surface area contributed by atoms with Gasteiger partial charge >= 0.3 is 0 Å². The first-order valence-electron chi connectivity index (χ1n) is 9.34. The van der Waals surface area contributed by atoms with Crippen LogP contribution >= 0.6 is 0 Å². The Labute approximate surface area is 165 Å². The van der Waals surface area contributed by atoms with Gasteiger partial charge < -0.3 is 15.4 Å². The fraction of sp³-hybridized carbons (Fsp3) is 0.217. The zero-order valence-corrected chi connectivity index (χ0v) is 16.4. The summed E-state index contributed by atoms with van der Waals surface area (Å²) in [6.45, 7) is 6.00. The van der Waals surface area contributed by atoms with Gasteiger partial charge in [-0.15, -0.1) is 0 Å². The molecule has 0 bridgehead atoms. The van der Waals surface area contributed by atoms with Crippen molar-refractivity contribution in [1.29, 1.82) is 0 Å². The summed E-state index contributed by atoms with van der Waals surface area (Å²) in [6, 6.07) is 19.3. The number of nitrogens with zero attached hydrogens (tertiary/aromatic N) is 1. The van der Waals surface area contributed by atoms with Crippen molar-refractivity contribution in [3.63, 3.8) is 0 Å². The molecular formula is C23H25N3O2. The van der Waals surface area contributed by atoms with E-state index in [0.717, 1.165) is 28.3 Å². The molecule has 0 saturated heterocycles. The molecule has 5 nitrogen and oxygen atoms in total. The van der Waals surface area contributed by atoms with Crippen molar-refractivity contribution in [1.82, 2.24) is 4.98 Å². The van der Waals surface area contributed by atoms with Crippen LogP contribution in [0.4, 0.5) is 17.2 Å². The van der Waals surface area contributed by atoms with Crippen LogP contribution < -0.4 is 15.4 Å². The van der Waals surface area contributed by atoms with Gasteiger partial charge in [0.15, 0.2) is 0 Å². The number of aryl methyl sites for hydroxylation is 1. The minimum atomic E-state index is -0.0884. The summed E-state index contributed by atoms with van der Waals surface area (Å²) in [5.74, 6) is 1.22. The van der Waals surface area contributed by atoms with E-state index in [-0.39, 0.29) is 12.0 Å². The molecule has 3 aromatic rings. The largest absolute Gasteiger partial charge is 0.489 e. The van der Waals surface area contributed by atoms with Crippen LogP contribution in [0.5, 0.6) is 5.75 Å². The number of amides is 1. The van der Waals surface area contributed by atoms with Gasteiger partial charge in [-0.05, 0) is 50.6 Å². The lowest BCUT2D eigenvalue weighted by Crippen LogP contribution is -2.15. The molecule has 5 heteroatoms. The molecule has 0 atom stereocenters. The van der Waals surface area contributed by atoms with Crippen molar-refractivity contribution in [3.05, 3.63) is 78.0 Å². The summed E-state index contributed by atoms with van der Waals surface area (Å²) in [4.78, 5) is 16.6. The summed E-state index contributed by atoms with van der Waals surface area (Å²) in [6.07, 6.45) is 2.10. The van der Waals surface area contributed by atoms with Gasteiger partial charge in [-0.1, -0.05) is 42.0 Å². The van der Waals surface area contributed by atoms with Crippen LogP contribution in [0.3, 0.4) is 0 Å². The van der Waals surface area contributed by atoms with Gasteiger partial charge in [-0.25, -0.2) is 4.98 Å². The maximum absolute atomic E-state index is 12.2. The zero-order chi connectivity index (χ0) is 19.9. The van der Waals surface area contributed by atoms with E-state index in [1.54, 1.807) is 12.3 Å². The Morgan fingerprint density at radius 2 is 1.89 bits per heavy atom. The van der Waals surface area contributed by atoms with Gasteiger partial charge in [0.25, 0.3) is 0 Å². The third-order valence-corrected chi connectivity index (χ3v) is 4.01. The second-order valence-corrected chi connectivity index (χ2v) is 6.93. The minimum absolute atomic E-state index is 0.0884. The van der Waals surface area contributed by atoms with Gasteiger partial charge in [-0.2, -0.15) is 0 Å². The lowest BCUT2D eigenvalue weighted by Gasteiger charge is -2.15. The van der Waals surface area contributed by atoms with Crippen molar-refractivity contribution in [3.8, 4) is 5.75 Å². The first-order chi connectivity index (χ1) is 13.5. The molecule has 0 fully saturated rings. The molecule has 28 heavy (non-hydrogen) atoms. The van der Waals surface area contributed by atoms with E-state index < -0.39 is 0 Å². The first-order valence-corrected chi connectivity index (χ1v) is 9.34. The van der Waals surface area contributed by atoms with E-state index in [4.69, 9.17) is 4.74 Å². The molecule has 0 aliphatic heterocycles. The lowest BCUT2D eigenvalue weighted by molar-refractivity contribution is -0.115. The number of aromatic nitrogens is 1. The Balaban J connectivity index is 1.62. The van der Waals surface area contributed by atoms with Gasteiger partial charge in [0, 0.05) is 0 Å². The second kappa shape index (κ2) is 9.04. The molecule has 0 unspecified atom stereocenters. The van der Waals surface area contributed by atoms with E-state index >= 15 is 0 Å². The number of anilines is 3. The van der Waals surface area contributed by atoms with Crippen molar-refractivity contribution < 1.29 is 9.53 Å². The molecule has 2 N–H and O–H groups in total. The Bertz CT molecular complexity index is 937. The second-order valence-electron chi connectivity index (χ2n) is 6.93. The van der Waals surface area contributed by atoms with E-state index in [1.165, 1.54) is 0 Å². The number of pyridine rings is 1. The van der Waals surface area contributed by atoms with Crippen molar-refractivity contribution in [2.45, 2.75) is 33.3 Å². The number of benzene rings is 2. The molecule has 1 aromatic heterocycles. The number of para-hydroxylation sites is 2. The van der Waals surface area contributed by atoms with Crippen LogP contribution in [0.2, 0.25) is 0 Å². The molecule has 3 rings (SSSR count). The number of hydrogen-bond acceptors (Lipinski definition) is 4. The number of ether oxygens (including phenoxy) is 1. The molecule has 1 heterocycles. The zero-order valence-electron chi connectivity index (χ0n) is 16.4. The normalized spacial score (nSPS) is 10.6. The Morgan fingerprint density at radius 3 is 2.61 bits per heavy atom. The highest BCUT2D eigenvalue weighted by molar-refractivity contribution is 5.91. The summed E-state index contributed by atoms with van der Waals surface area (Å²) in [5.41, 5.74) is 3.81. The van der Waals surface area contributed by atoms with Crippen molar-refractivity contribution >= 4 is 23.1 Å². The van der Waals surface area contributed by atoms with E-state index in [2.05, 4.69) is 15.6 Å².